The summed E-state index contributed by atoms with van der Waals surface area (Å²) < 4.78 is 6.64. The molecule has 0 unspecified atom stereocenters. The summed E-state index contributed by atoms with van der Waals surface area (Å²) in [6.45, 7) is 20.5. The van der Waals surface area contributed by atoms with Gasteiger partial charge in [0.1, 0.15) is 5.58 Å². The average molecular weight is 595 g/mol. The van der Waals surface area contributed by atoms with E-state index in [1.54, 1.807) is 0 Å². The summed E-state index contributed by atoms with van der Waals surface area (Å²) in [5.74, 6) is 2.26. The first-order chi connectivity index (χ1) is 21.5. The summed E-state index contributed by atoms with van der Waals surface area (Å²) in [6, 6.07) is 28.3. The number of hydrogen-bond donors (Lipinski definition) is 0. The molecule has 0 saturated carbocycles. The van der Waals surface area contributed by atoms with Gasteiger partial charge in [-0.1, -0.05) is 110 Å². The van der Waals surface area contributed by atoms with Crippen molar-refractivity contribution in [1.82, 2.24) is 9.97 Å². The summed E-state index contributed by atoms with van der Waals surface area (Å²) >= 11 is 0. The van der Waals surface area contributed by atoms with Crippen molar-refractivity contribution < 1.29 is 4.42 Å². The van der Waals surface area contributed by atoms with Gasteiger partial charge >= 0.3 is 0 Å². The number of fused-ring (bicyclic) bond motifs is 3. The van der Waals surface area contributed by atoms with Crippen LogP contribution in [0.5, 0.6) is 0 Å². The van der Waals surface area contributed by atoms with E-state index >= 15 is 0 Å². The lowest BCUT2D eigenvalue weighted by Crippen LogP contribution is -2.15. The fourth-order valence-corrected chi connectivity index (χ4v) is 7.26. The van der Waals surface area contributed by atoms with Crippen LogP contribution in [0.15, 0.2) is 89.5 Å². The first kappa shape index (κ1) is 30.8. The number of pyridine rings is 2. The summed E-state index contributed by atoms with van der Waals surface area (Å²) in [5.41, 5.74) is 13.4. The molecule has 230 valence electrons. The SMILES string of the molecule is Cc1cc(-c2cccc3c2oc2nc(-c4c(C(C)C)cc(-c5ccccc5)cc4C(C)C)ccc23)ncc1C(C(C)C)C(C)C. The Morgan fingerprint density at radius 1 is 0.600 bits per heavy atom. The number of rotatable bonds is 8. The van der Waals surface area contributed by atoms with Crippen LogP contribution in [0.1, 0.15) is 95.4 Å². The third kappa shape index (κ3) is 5.70. The molecule has 3 nitrogen and oxygen atoms in total. The molecule has 0 spiro atoms. The van der Waals surface area contributed by atoms with Gasteiger partial charge in [0.2, 0.25) is 5.71 Å². The van der Waals surface area contributed by atoms with Gasteiger partial charge in [-0.15, -0.1) is 0 Å². The van der Waals surface area contributed by atoms with E-state index in [0.717, 1.165) is 33.3 Å². The molecule has 0 amide bonds. The maximum atomic E-state index is 6.64. The zero-order valence-corrected chi connectivity index (χ0v) is 28.3. The normalized spacial score (nSPS) is 12.2. The number of benzene rings is 3. The van der Waals surface area contributed by atoms with Gasteiger partial charge in [0.15, 0.2) is 0 Å². The molecule has 6 rings (SSSR count). The fourth-order valence-electron chi connectivity index (χ4n) is 7.26. The van der Waals surface area contributed by atoms with Crippen molar-refractivity contribution in [3.05, 3.63) is 107 Å². The van der Waals surface area contributed by atoms with Gasteiger partial charge < -0.3 is 4.42 Å². The molecule has 0 atom stereocenters. The van der Waals surface area contributed by atoms with E-state index in [-0.39, 0.29) is 0 Å². The van der Waals surface area contributed by atoms with Crippen LogP contribution in [0.25, 0.3) is 55.7 Å². The first-order valence-corrected chi connectivity index (χ1v) is 16.6. The van der Waals surface area contributed by atoms with Crippen molar-refractivity contribution in [1.29, 1.82) is 0 Å². The van der Waals surface area contributed by atoms with Gasteiger partial charge in [-0.25, -0.2) is 4.98 Å². The van der Waals surface area contributed by atoms with Crippen molar-refractivity contribution >= 4 is 22.1 Å². The van der Waals surface area contributed by atoms with Crippen LogP contribution in [0.2, 0.25) is 0 Å². The van der Waals surface area contributed by atoms with Gasteiger partial charge in [-0.3, -0.25) is 4.98 Å². The number of furan rings is 1. The molecule has 0 saturated heterocycles. The summed E-state index contributed by atoms with van der Waals surface area (Å²) in [6.07, 6.45) is 2.09. The van der Waals surface area contributed by atoms with Crippen LogP contribution in [0.4, 0.5) is 0 Å². The molecule has 3 aromatic heterocycles. The number of aromatic nitrogens is 2. The maximum absolute atomic E-state index is 6.64. The molecule has 0 N–H and O–H groups in total. The largest absolute Gasteiger partial charge is 0.437 e. The Labute approximate surface area is 268 Å². The van der Waals surface area contributed by atoms with Gasteiger partial charge in [0, 0.05) is 28.1 Å². The van der Waals surface area contributed by atoms with Crippen molar-refractivity contribution in [2.24, 2.45) is 11.8 Å². The molecule has 0 radical (unpaired) electrons. The van der Waals surface area contributed by atoms with E-state index in [2.05, 4.69) is 147 Å². The highest BCUT2D eigenvalue weighted by atomic mass is 16.3. The second-order valence-corrected chi connectivity index (χ2v) is 14.0. The van der Waals surface area contributed by atoms with Gasteiger partial charge in [-0.05, 0) is 94.2 Å². The third-order valence-corrected chi connectivity index (χ3v) is 9.39. The monoisotopic (exact) mass is 594 g/mol. The minimum Gasteiger partial charge on any atom is -0.437 e. The highest BCUT2D eigenvalue weighted by molar-refractivity contribution is 6.08. The van der Waals surface area contributed by atoms with E-state index < -0.39 is 0 Å². The number of hydrogen-bond acceptors (Lipinski definition) is 3. The molecule has 0 aliphatic carbocycles. The Morgan fingerprint density at radius 2 is 1.27 bits per heavy atom. The van der Waals surface area contributed by atoms with Crippen molar-refractivity contribution in [2.45, 2.75) is 80.1 Å². The molecular weight excluding hydrogens is 548 g/mol. The van der Waals surface area contributed by atoms with Crippen LogP contribution in [0.3, 0.4) is 0 Å². The molecular formula is C42H46N2O. The predicted molar refractivity (Wildman–Crippen MR) is 191 cm³/mol. The van der Waals surface area contributed by atoms with Gasteiger partial charge in [0.25, 0.3) is 0 Å². The molecule has 45 heavy (non-hydrogen) atoms. The van der Waals surface area contributed by atoms with Gasteiger partial charge in [-0.2, -0.15) is 0 Å². The summed E-state index contributed by atoms with van der Waals surface area (Å²) in [4.78, 5) is 10.2. The van der Waals surface area contributed by atoms with Crippen molar-refractivity contribution in [2.75, 3.05) is 0 Å². The Balaban J connectivity index is 1.49. The molecule has 3 heterocycles. The lowest BCUT2D eigenvalue weighted by molar-refractivity contribution is 0.385. The van der Waals surface area contributed by atoms with E-state index in [0.29, 0.717) is 35.3 Å². The van der Waals surface area contributed by atoms with Crippen LogP contribution in [-0.4, -0.2) is 9.97 Å². The Kier molecular flexibility index (Phi) is 8.39. The number of aryl methyl sites for hydroxylation is 1. The van der Waals surface area contributed by atoms with Crippen LogP contribution >= 0.6 is 0 Å². The summed E-state index contributed by atoms with van der Waals surface area (Å²) in [5, 5.41) is 2.10. The average Bonchev–Trinajstić information content (AvgIpc) is 3.39. The molecule has 0 aliphatic heterocycles. The highest BCUT2D eigenvalue weighted by Gasteiger charge is 2.24. The fraction of sp³-hybridized carbons (Fsp3) is 0.333. The zero-order chi connectivity index (χ0) is 32.0. The van der Waals surface area contributed by atoms with Crippen LogP contribution in [-0.2, 0) is 0 Å². The second kappa shape index (κ2) is 12.3. The standard InChI is InChI=1S/C42H46N2O/c1-24(2)34-21-30(29-14-11-10-12-15-29)22-35(25(3)4)40(34)37-19-18-32-31-16-13-17-33(41(31)45-42(32)44-37)38-20-28(9)36(23-43-38)39(26(5)6)27(7)8/h10-27,39H,1-9H3. The Bertz CT molecular complexity index is 1940. The smallest absolute Gasteiger partial charge is 0.227 e. The predicted octanol–water partition coefficient (Wildman–Crippen LogP) is 12.3. The lowest BCUT2D eigenvalue weighted by atomic mass is 9.79. The first-order valence-electron chi connectivity index (χ1n) is 16.6. The molecule has 3 aromatic carbocycles. The Morgan fingerprint density at radius 3 is 1.87 bits per heavy atom. The minimum atomic E-state index is 0.337. The van der Waals surface area contributed by atoms with E-state index in [9.17, 15) is 0 Å². The van der Waals surface area contributed by atoms with E-state index in [4.69, 9.17) is 14.4 Å². The lowest BCUT2D eigenvalue weighted by Gasteiger charge is -2.26. The van der Waals surface area contributed by atoms with E-state index in [1.165, 1.54) is 38.9 Å². The topological polar surface area (TPSA) is 38.9 Å². The van der Waals surface area contributed by atoms with Crippen LogP contribution < -0.4 is 0 Å². The maximum Gasteiger partial charge on any atom is 0.227 e. The molecule has 0 fully saturated rings. The number of nitrogens with zero attached hydrogens (tertiary/aromatic N) is 2. The molecule has 6 aromatic rings. The second-order valence-electron chi connectivity index (χ2n) is 14.0. The van der Waals surface area contributed by atoms with Crippen molar-refractivity contribution in [3.63, 3.8) is 0 Å². The zero-order valence-electron chi connectivity index (χ0n) is 28.3. The third-order valence-electron chi connectivity index (χ3n) is 9.39. The Hall–Kier alpha value is -4.24. The molecule has 0 bridgehead atoms. The molecule has 3 heteroatoms. The summed E-state index contributed by atoms with van der Waals surface area (Å²) in [7, 11) is 0. The van der Waals surface area contributed by atoms with Crippen molar-refractivity contribution in [3.8, 4) is 33.6 Å². The minimum absolute atomic E-state index is 0.337. The van der Waals surface area contributed by atoms with E-state index in [1.807, 2.05) is 0 Å². The molecule has 0 aliphatic rings. The highest BCUT2D eigenvalue weighted by Crippen LogP contribution is 2.42. The number of para-hydroxylation sites is 1. The van der Waals surface area contributed by atoms with Gasteiger partial charge in [0.05, 0.1) is 11.4 Å². The quantitative estimate of drug-likeness (QED) is 0.176. The van der Waals surface area contributed by atoms with Crippen LogP contribution in [0, 0.1) is 18.8 Å².